The fraction of sp³-hybridized carbons (Fsp3) is 0.833. The maximum absolute atomic E-state index is 9.60. The number of azo groups is 1. The predicted molar refractivity (Wildman–Crippen MR) is 76.4 cm³/mol. The van der Waals surface area contributed by atoms with E-state index < -0.39 is 11.1 Å². The van der Waals surface area contributed by atoms with Gasteiger partial charge in [-0.05, 0) is 13.8 Å². The van der Waals surface area contributed by atoms with Crippen molar-refractivity contribution >= 4 is 11.7 Å². The predicted octanol–water partition coefficient (Wildman–Crippen LogP) is -1.06. The van der Waals surface area contributed by atoms with E-state index in [0.29, 0.717) is 24.8 Å². The Bertz CT molecular complexity index is 409. The Kier molecular flexibility index (Phi) is 4.34. The normalized spacial score (nSPS) is 24.6. The van der Waals surface area contributed by atoms with Crippen molar-refractivity contribution in [3.8, 4) is 0 Å². The molecule has 0 saturated carbocycles. The molecule has 0 bridgehead atoms. The van der Waals surface area contributed by atoms with Crippen LogP contribution in [0, 0.1) is 0 Å². The van der Waals surface area contributed by atoms with Crippen LogP contribution >= 0.6 is 0 Å². The maximum Gasteiger partial charge on any atom is 0.158 e. The Morgan fingerprint density at radius 1 is 0.950 bits per heavy atom. The Labute approximate surface area is 118 Å². The first-order valence-corrected chi connectivity index (χ1v) is 6.77. The molecule has 2 atom stereocenters. The summed E-state index contributed by atoms with van der Waals surface area (Å²) in [5, 5.41) is 33.9. The third kappa shape index (κ3) is 2.80. The second kappa shape index (κ2) is 5.84. The van der Waals surface area contributed by atoms with Gasteiger partial charge in [0.15, 0.2) is 11.1 Å². The van der Waals surface area contributed by atoms with Crippen molar-refractivity contribution in [3.63, 3.8) is 0 Å². The Hall–Kier alpha value is -1.54. The highest BCUT2D eigenvalue weighted by molar-refractivity contribution is 5.93. The molecule has 0 aromatic heterocycles. The van der Waals surface area contributed by atoms with Crippen molar-refractivity contribution in [3.05, 3.63) is 0 Å². The molecule has 0 spiro atoms. The van der Waals surface area contributed by atoms with E-state index in [-0.39, 0.29) is 13.2 Å². The second-order valence-electron chi connectivity index (χ2n) is 5.38. The molecule has 2 heterocycles. The number of rotatable bonds is 6. The number of hydrogen-bond donors (Lipinski definition) is 4. The topological polar surface area (TPSA) is 114 Å². The van der Waals surface area contributed by atoms with Gasteiger partial charge in [0, 0.05) is 13.1 Å². The van der Waals surface area contributed by atoms with E-state index in [1.807, 2.05) is 0 Å². The molecular weight excluding hydrogens is 260 g/mol. The summed E-state index contributed by atoms with van der Waals surface area (Å²) in [4.78, 5) is 8.57. The monoisotopic (exact) mass is 282 g/mol. The summed E-state index contributed by atoms with van der Waals surface area (Å²) in [6, 6.07) is 0. The van der Waals surface area contributed by atoms with Gasteiger partial charge in [0.05, 0.1) is 26.3 Å². The van der Waals surface area contributed by atoms with Gasteiger partial charge >= 0.3 is 0 Å². The van der Waals surface area contributed by atoms with Gasteiger partial charge in [-0.15, -0.1) is 0 Å². The molecule has 8 heteroatoms. The Morgan fingerprint density at radius 3 is 1.60 bits per heavy atom. The first-order valence-electron chi connectivity index (χ1n) is 6.77. The number of aliphatic hydroxyl groups excluding tert-OH is 2. The third-order valence-electron chi connectivity index (χ3n) is 3.48. The zero-order valence-corrected chi connectivity index (χ0v) is 11.9. The zero-order chi connectivity index (χ0) is 14.6. The average Bonchev–Trinajstić information content (AvgIpc) is 3.16. The van der Waals surface area contributed by atoms with Gasteiger partial charge in [-0.2, -0.15) is 10.2 Å². The molecule has 2 unspecified atom stereocenters. The van der Waals surface area contributed by atoms with Crippen LogP contribution in [-0.2, 0) is 0 Å². The summed E-state index contributed by atoms with van der Waals surface area (Å²) < 4.78 is 0. The Morgan fingerprint density at radius 2 is 1.35 bits per heavy atom. The van der Waals surface area contributed by atoms with Crippen molar-refractivity contribution in [1.82, 2.24) is 10.6 Å². The van der Waals surface area contributed by atoms with E-state index >= 15 is 0 Å². The molecule has 2 rings (SSSR count). The minimum absolute atomic E-state index is 0.205. The number of nitrogens with one attached hydrogen (secondary N) is 2. The highest BCUT2D eigenvalue weighted by Gasteiger charge is 2.36. The van der Waals surface area contributed by atoms with Crippen molar-refractivity contribution < 1.29 is 10.2 Å². The lowest BCUT2D eigenvalue weighted by molar-refractivity contribution is 0.222. The summed E-state index contributed by atoms with van der Waals surface area (Å²) in [5.74, 6) is 1.26. The lowest BCUT2D eigenvalue weighted by Gasteiger charge is -2.26. The van der Waals surface area contributed by atoms with Crippen LogP contribution in [0.25, 0.3) is 0 Å². The van der Waals surface area contributed by atoms with Gasteiger partial charge in [0.2, 0.25) is 0 Å². The third-order valence-corrected chi connectivity index (χ3v) is 3.48. The number of amidine groups is 2. The molecule has 112 valence electrons. The molecule has 8 nitrogen and oxygen atoms in total. The van der Waals surface area contributed by atoms with Crippen LogP contribution in [0.3, 0.4) is 0 Å². The zero-order valence-electron chi connectivity index (χ0n) is 11.9. The summed E-state index contributed by atoms with van der Waals surface area (Å²) >= 11 is 0. The standard InChI is InChI=1S/C12H22N6O2/c1-11(7-19,9-13-3-4-14-9)17-18-12(2,8-20)10-15-5-6-16-10/h19-20H,3-8H2,1-2H3,(H,13,14)(H,15,16). The van der Waals surface area contributed by atoms with Crippen LogP contribution in [0.4, 0.5) is 0 Å². The van der Waals surface area contributed by atoms with Gasteiger partial charge in [0.1, 0.15) is 11.7 Å². The molecular formula is C12H22N6O2. The fourth-order valence-corrected chi connectivity index (χ4v) is 2.05. The second-order valence-corrected chi connectivity index (χ2v) is 5.38. The molecule has 0 fully saturated rings. The van der Waals surface area contributed by atoms with Crippen molar-refractivity contribution in [2.24, 2.45) is 20.2 Å². The molecule has 0 radical (unpaired) electrons. The van der Waals surface area contributed by atoms with Crippen LogP contribution in [0.2, 0.25) is 0 Å². The Balaban J connectivity index is 2.20. The number of hydrogen-bond acceptors (Lipinski definition) is 8. The summed E-state index contributed by atoms with van der Waals surface area (Å²) in [6.07, 6.45) is 0. The van der Waals surface area contributed by atoms with Gasteiger partial charge in [-0.1, -0.05) is 0 Å². The molecule has 0 aromatic rings. The van der Waals surface area contributed by atoms with E-state index in [1.165, 1.54) is 0 Å². The van der Waals surface area contributed by atoms with Crippen molar-refractivity contribution in [2.45, 2.75) is 24.9 Å². The molecule has 0 aliphatic carbocycles. The van der Waals surface area contributed by atoms with Crippen LogP contribution in [0.15, 0.2) is 20.2 Å². The summed E-state index contributed by atoms with van der Waals surface area (Å²) in [5.41, 5.74) is -1.82. The molecule has 0 amide bonds. The van der Waals surface area contributed by atoms with E-state index in [2.05, 4.69) is 30.8 Å². The van der Waals surface area contributed by atoms with Gasteiger partial charge < -0.3 is 20.8 Å². The van der Waals surface area contributed by atoms with Crippen LogP contribution in [0.1, 0.15) is 13.8 Å². The summed E-state index contributed by atoms with van der Waals surface area (Å²) in [7, 11) is 0. The molecule has 20 heavy (non-hydrogen) atoms. The number of aliphatic hydroxyl groups is 2. The minimum atomic E-state index is -0.911. The molecule has 4 N–H and O–H groups in total. The van der Waals surface area contributed by atoms with E-state index in [1.54, 1.807) is 13.8 Å². The van der Waals surface area contributed by atoms with E-state index in [4.69, 9.17) is 0 Å². The quantitative estimate of drug-likeness (QED) is 0.465. The van der Waals surface area contributed by atoms with Crippen LogP contribution in [-0.4, -0.2) is 72.4 Å². The van der Waals surface area contributed by atoms with Gasteiger partial charge in [-0.25, -0.2) is 0 Å². The average molecular weight is 282 g/mol. The van der Waals surface area contributed by atoms with Crippen LogP contribution < -0.4 is 10.6 Å². The minimum Gasteiger partial charge on any atom is -0.393 e. The lowest BCUT2D eigenvalue weighted by atomic mass is 10.0. The first-order chi connectivity index (χ1) is 9.54. The SMILES string of the molecule is CC(CO)(N=NC(C)(CO)C1=NCCN1)C1=NCCN1. The highest BCUT2D eigenvalue weighted by Crippen LogP contribution is 2.20. The molecule has 0 aromatic carbocycles. The largest absolute Gasteiger partial charge is 0.393 e. The lowest BCUT2D eigenvalue weighted by Crippen LogP contribution is -2.47. The van der Waals surface area contributed by atoms with Crippen LogP contribution in [0.5, 0.6) is 0 Å². The van der Waals surface area contributed by atoms with Gasteiger partial charge in [-0.3, -0.25) is 9.98 Å². The smallest absolute Gasteiger partial charge is 0.158 e. The molecule has 0 saturated heterocycles. The highest BCUT2D eigenvalue weighted by atomic mass is 16.3. The number of nitrogens with zero attached hydrogens (tertiary/aromatic N) is 4. The van der Waals surface area contributed by atoms with Crippen molar-refractivity contribution in [1.29, 1.82) is 0 Å². The van der Waals surface area contributed by atoms with Crippen molar-refractivity contribution in [2.75, 3.05) is 39.4 Å². The summed E-state index contributed by atoms with van der Waals surface area (Å²) in [6.45, 7) is 5.94. The van der Waals surface area contributed by atoms with E-state index in [9.17, 15) is 10.2 Å². The number of aliphatic imine (C=N–C) groups is 2. The molecule has 2 aliphatic heterocycles. The maximum atomic E-state index is 9.60. The van der Waals surface area contributed by atoms with E-state index in [0.717, 1.165) is 13.1 Å². The fourth-order valence-electron chi connectivity index (χ4n) is 2.05. The van der Waals surface area contributed by atoms with Gasteiger partial charge in [0.25, 0.3) is 0 Å². The first kappa shape index (κ1) is 14.9. The molecule has 2 aliphatic rings.